The van der Waals surface area contributed by atoms with E-state index in [1.807, 2.05) is 6.26 Å². The standard InChI is InChI=1S/C12H16FNO4S2/c1-18-12(15)10-5-4-9(13)8-11(10)20(16,17)14-6-3-7-19-2/h4-5,8,14H,3,6-7H2,1-2H3. The number of benzene rings is 1. The molecule has 0 aromatic heterocycles. The maximum Gasteiger partial charge on any atom is 0.339 e. The van der Waals surface area contributed by atoms with E-state index in [4.69, 9.17) is 0 Å². The van der Waals surface area contributed by atoms with Gasteiger partial charge in [-0.2, -0.15) is 11.8 Å². The zero-order valence-electron chi connectivity index (χ0n) is 11.2. The molecule has 20 heavy (non-hydrogen) atoms. The Morgan fingerprint density at radius 2 is 2.15 bits per heavy atom. The van der Waals surface area contributed by atoms with E-state index < -0.39 is 26.7 Å². The van der Waals surface area contributed by atoms with E-state index in [0.29, 0.717) is 6.42 Å². The summed E-state index contributed by atoms with van der Waals surface area (Å²) in [7, 11) is -2.82. The van der Waals surface area contributed by atoms with Gasteiger partial charge in [0.2, 0.25) is 10.0 Å². The highest BCUT2D eigenvalue weighted by Gasteiger charge is 2.23. The second-order valence-electron chi connectivity index (χ2n) is 3.88. The van der Waals surface area contributed by atoms with Gasteiger partial charge in [-0.1, -0.05) is 0 Å². The van der Waals surface area contributed by atoms with E-state index >= 15 is 0 Å². The van der Waals surface area contributed by atoms with Gasteiger partial charge >= 0.3 is 5.97 Å². The fourth-order valence-electron chi connectivity index (χ4n) is 1.50. The molecule has 5 nitrogen and oxygen atoms in total. The van der Waals surface area contributed by atoms with Crippen LogP contribution in [0, 0.1) is 5.82 Å². The molecule has 1 N–H and O–H groups in total. The normalized spacial score (nSPS) is 11.3. The number of methoxy groups -OCH3 is 1. The molecular weight excluding hydrogens is 305 g/mol. The van der Waals surface area contributed by atoms with Gasteiger partial charge in [-0.15, -0.1) is 0 Å². The summed E-state index contributed by atoms with van der Waals surface area (Å²) in [4.78, 5) is 11.1. The van der Waals surface area contributed by atoms with Gasteiger partial charge in [0.25, 0.3) is 0 Å². The molecule has 112 valence electrons. The summed E-state index contributed by atoms with van der Waals surface area (Å²) in [5.41, 5.74) is -0.189. The second-order valence-corrected chi connectivity index (χ2v) is 6.60. The van der Waals surface area contributed by atoms with Crippen LogP contribution < -0.4 is 4.72 Å². The SMILES string of the molecule is COC(=O)c1ccc(F)cc1S(=O)(=O)NCCCSC. The van der Waals surface area contributed by atoms with E-state index in [-0.39, 0.29) is 12.1 Å². The van der Waals surface area contributed by atoms with Crippen LogP contribution >= 0.6 is 11.8 Å². The van der Waals surface area contributed by atoms with Crippen LogP contribution in [0.1, 0.15) is 16.8 Å². The van der Waals surface area contributed by atoms with Crippen molar-refractivity contribution in [2.45, 2.75) is 11.3 Å². The number of halogens is 1. The molecule has 0 atom stereocenters. The number of hydrogen-bond acceptors (Lipinski definition) is 5. The molecule has 0 bridgehead atoms. The highest BCUT2D eigenvalue weighted by Crippen LogP contribution is 2.18. The summed E-state index contributed by atoms with van der Waals surface area (Å²) in [6, 6.07) is 2.92. The van der Waals surface area contributed by atoms with Crippen molar-refractivity contribution in [1.82, 2.24) is 4.72 Å². The Hall–Kier alpha value is -1.12. The smallest absolute Gasteiger partial charge is 0.339 e. The largest absolute Gasteiger partial charge is 0.465 e. The minimum absolute atomic E-state index is 0.189. The van der Waals surface area contributed by atoms with Crippen molar-refractivity contribution in [1.29, 1.82) is 0 Å². The van der Waals surface area contributed by atoms with Crippen molar-refractivity contribution in [3.05, 3.63) is 29.6 Å². The molecule has 0 fully saturated rings. The third-order valence-electron chi connectivity index (χ3n) is 2.46. The van der Waals surface area contributed by atoms with Crippen molar-refractivity contribution in [3.63, 3.8) is 0 Å². The number of ether oxygens (including phenoxy) is 1. The van der Waals surface area contributed by atoms with Crippen molar-refractivity contribution in [2.75, 3.05) is 25.7 Å². The zero-order chi connectivity index (χ0) is 15.2. The molecule has 0 unspecified atom stereocenters. The molecule has 0 radical (unpaired) electrons. The van der Waals surface area contributed by atoms with Gasteiger partial charge in [-0.3, -0.25) is 0 Å². The Morgan fingerprint density at radius 3 is 2.75 bits per heavy atom. The number of rotatable bonds is 7. The topological polar surface area (TPSA) is 72.5 Å². The maximum atomic E-state index is 13.2. The van der Waals surface area contributed by atoms with Crippen molar-refractivity contribution in [2.24, 2.45) is 0 Å². The highest BCUT2D eigenvalue weighted by atomic mass is 32.2. The summed E-state index contributed by atoms with van der Waals surface area (Å²) in [5, 5.41) is 0. The first-order chi connectivity index (χ1) is 9.42. The third kappa shape index (κ3) is 4.46. The Kier molecular flexibility index (Phi) is 6.44. The maximum absolute atomic E-state index is 13.2. The zero-order valence-corrected chi connectivity index (χ0v) is 12.8. The van der Waals surface area contributed by atoms with Crippen LogP contribution in [0.4, 0.5) is 4.39 Å². The lowest BCUT2D eigenvalue weighted by Crippen LogP contribution is -2.27. The third-order valence-corrected chi connectivity index (χ3v) is 4.65. The van der Waals surface area contributed by atoms with E-state index in [1.54, 1.807) is 11.8 Å². The lowest BCUT2D eigenvalue weighted by Gasteiger charge is -2.10. The fourth-order valence-corrected chi connectivity index (χ4v) is 3.21. The monoisotopic (exact) mass is 321 g/mol. The highest BCUT2D eigenvalue weighted by molar-refractivity contribution is 7.98. The molecule has 0 aliphatic carbocycles. The Balaban J connectivity index is 3.03. The number of carbonyl (C=O) groups is 1. The van der Waals surface area contributed by atoms with Crippen LogP contribution in [0.15, 0.2) is 23.1 Å². The first-order valence-corrected chi connectivity index (χ1v) is 8.66. The van der Waals surface area contributed by atoms with Crippen molar-refractivity contribution in [3.8, 4) is 0 Å². The summed E-state index contributed by atoms with van der Waals surface area (Å²) < 4.78 is 44.3. The molecule has 0 aliphatic rings. The Bertz CT molecular complexity index is 575. The lowest BCUT2D eigenvalue weighted by molar-refractivity contribution is 0.0596. The van der Waals surface area contributed by atoms with E-state index in [9.17, 15) is 17.6 Å². The number of hydrogen-bond donors (Lipinski definition) is 1. The van der Waals surface area contributed by atoms with Crippen LogP contribution in [0.2, 0.25) is 0 Å². The van der Waals surface area contributed by atoms with Crippen LogP contribution in [0.3, 0.4) is 0 Å². The van der Waals surface area contributed by atoms with Gasteiger partial charge in [0.1, 0.15) is 5.82 Å². The first kappa shape index (κ1) is 16.9. The average molecular weight is 321 g/mol. The van der Waals surface area contributed by atoms with Crippen LogP contribution in [0.5, 0.6) is 0 Å². The molecule has 0 heterocycles. The molecule has 0 spiro atoms. The summed E-state index contributed by atoms with van der Waals surface area (Å²) in [6.07, 6.45) is 2.56. The Morgan fingerprint density at radius 1 is 1.45 bits per heavy atom. The molecule has 1 rings (SSSR count). The van der Waals surface area contributed by atoms with Gasteiger partial charge in [0.15, 0.2) is 0 Å². The number of esters is 1. The number of nitrogens with one attached hydrogen (secondary N) is 1. The quantitative estimate of drug-likeness (QED) is 0.610. The fraction of sp³-hybridized carbons (Fsp3) is 0.417. The van der Waals surface area contributed by atoms with Crippen molar-refractivity contribution >= 4 is 27.8 Å². The summed E-state index contributed by atoms with van der Waals surface area (Å²) in [6.45, 7) is 0.223. The summed E-state index contributed by atoms with van der Waals surface area (Å²) in [5.74, 6) is -0.758. The summed E-state index contributed by atoms with van der Waals surface area (Å²) >= 11 is 1.59. The molecule has 0 amide bonds. The number of carbonyl (C=O) groups excluding carboxylic acids is 1. The van der Waals surface area contributed by atoms with Gasteiger partial charge in [-0.05, 0) is 36.6 Å². The van der Waals surface area contributed by atoms with Gasteiger partial charge in [0.05, 0.1) is 17.6 Å². The number of thioether (sulfide) groups is 1. The molecule has 0 aliphatic heterocycles. The predicted octanol–water partition coefficient (Wildman–Crippen LogP) is 1.64. The second kappa shape index (κ2) is 7.61. The van der Waals surface area contributed by atoms with Crippen molar-refractivity contribution < 1.29 is 22.3 Å². The number of sulfonamides is 1. The Labute approximate surface area is 121 Å². The molecule has 0 saturated heterocycles. The molecular formula is C12H16FNO4S2. The average Bonchev–Trinajstić information content (AvgIpc) is 2.42. The van der Waals surface area contributed by atoms with Gasteiger partial charge < -0.3 is 4.74 Å². The van der Waals surface area contributed by atoms with Crippen LogP contribution in [0.25, 0.3) is 0 Å². The predicted molar refractivity (Wildman–Crippen MR) is 75.9 cm³/mol. The molecule has 1 aromatic rings. The minimum atomic E-state index is -3.95. The lowest BCUT2D eigenvalue weighted by atomic mass is 10.2. The van der Waals surface area contributed by atoms with E-state index in [1.165, 1.54) is 0 Å². The van der Waals surface area contributed by atoms with Gasteiger partial charge in [0, 0.05) is 6.54 Å². The molecule has 1 aromatic carbocycles. The van der Waals surface area contributed by atoms with E-state index in [0.717, 1.165) is 31.1 Å². The molecule has 0 saturated carbocycles. The minimum Gasteiger partial charge on any atom is -0.465 e. The first-order valence-electron chi connectivity index (χ1n) is 5.79. The van der Waals surface area contributed by atoms with Crippen LogP contribution in [-0.2, 0) is 14.8 Å². The van der Waals surface area contributed by atoms with E-state index in [2.05, 4.69) is 9.46 Å². The van der Waals surface area contributed by atoms with Crippen LogP contribution in [-0.4, -0.2) is 40.1 Å². The van der Waals surface area contributed by atoms with Gasteiger partial charge in [-0.25, -0.2) is 22.3 Å². The molecule has 8 heteroatoms.